The molecule has 1 aliphatic carbocycles. The number of nitrogens with one attached hydrogen (secondary N) is 2. The van der Waals surface area contributed by atoms with Gasteiger partial charge in [-0.25, -0.2) is 4.39 Å². The van der Waals surface area contributed by atoms with E-state index in [0.29, 0.717) is 25.0 Å². The number of nitrogens with zero attached hydrogens (tertiary/aromatic N) is 1. The highest BCUT2D eigenvalue weighted by Crippen LogP contribution is 2.43. The molecule has 2 aliphatic rings. The van der Waals surface area contributed by atoms with Crippen LogP contribution in [0.15, 0.2) is 17.1 Å². The maximum atomic E-state index is 13.8. The third-order valence-electron chi connectivity index (χ3n) is 5.46. The van der Waals surface area contributed by atoms with Gasteiger partial charge in [-0.2, -0.15) is 0 Å². The lowest BCUT2D eigenvalue weighted by atomic mass is 9.67. The average molecular weight is 477 g/mol. The number of benzene rings is 1. The predicted octanol–water partition coefficient (Wildman–Crippen LogP) is 3.60. The van der Waals surface area contributed by atoms with E-state index in [1.807, 2.05) is 0 Å². The molecule has 1 aromatic carbocycles. The quantitative estimate of drug-likeness (QED) is 0.374. The second-order valence-electron chi connectivity index (χ2n) is 6.97. The summed E-state index contributed by atoms with van der Waals surface area (Å²) in [6, 6.07) is 3.02. The van der Waals surface area contributed by atoms with E-state index in [0.717, 1.165) is 29.4 Å². The summed E-state index contributed by atoms with van der Waals surface area (Å²) in [6.45, 7) is 4.50. The molecule has 0 atom stereocenters. The molecule has 2 N–H and O–H groups in total. The first kappa shape index (κ1) is 21.2. The Kier molecular flexibility index (Phi) is 7.94. The molecule has 1 aliphatic heterocycles. The van der Waals surface area contributed by atoms with Crippen LogP contribution >= 0.6 is 24.0 Å². The van der Waals surface area contributed by atoms with Crippen molar-refractivity contribution in [1.82, 2.24) is 10.6 Å². The molecule has 1 fully saturated rings. The Bertz CT molecular complexity index is 630. The SMILES string of the molecule is CCC1(CNC(=NC)NCCc2cc(F)cc3c2OCOC3)CCC1.I. The second-order valence-corrected chi connectivity index (χ2v) is 6.97. The van der Waals surface area contributed by atoms with Gasteiger partial charge in [0.15, 0.2) is 12.8 Å². The van der Waals surface area contributed by atoms with Crippen molar-refractivity contribution in [2.75, 3.05) is 26.9 Å². The Hall–Kier alpha value is -1.09. The van der Waals surface area contributed by atoms with Crippen LogP contribution in [0.5, 0.6) is 5.75 Å². The van der Waals surface area contributed by atoms with Gasteiger partial charge in [0.05, 0.1) is 6.61 Å². The number of aliphatic imine (C=N–C) groups is 1. The molecule has 0 saturated heterocycles. The maximum absolute atomic E-state index is 13.8. The Balaban J connectivity index is 0.00000243. The van der Waals surface area contributed by atoms with Crippen molar-refractivity contribution >= 4 is 29.9 Å². The molecule has 0 spiro atoms. The highest BCUT2D eigenvalue weighted by molar-refractivity contribution is 14.0. The van der Waals surface area contributed by atoms with Crippen molar-refractivity contribution in [2.45, 2.75) is 45.6 Å². The zero-order chi connectivity index (χ0) is 17.7. The van der Waals surface area contributed by atoms with Crippen LogP contribution in [0.4, 0.5) is 4.39 Å². The number of halogens is 2. The Morgan fingerprint density at radius 2 is 2.12 bits per heavy atom. The lowest BCUT2D eigenvalue weighted by Crippen LogP contribution is -2.46. The normalized spacial score (nSPS) is 18.0. The van der Waals surface area contributed by atoms with Crippen molar-refractivity contribution in [3.05, 3.63) is 29.1 Å². The van der Waals surface area contributed by atoms with Crippen LogP contribution in [0.25, 0.3) is 0 Å². The first-order valence-corrected chi connectivity index (χ1v) is 9.12. The van der Waals surface area contributed by atoms with Gasteiger partial charge in [0.25, 0.3) is 0 Å². The van der Waals surface area contributed by atoms with Gasteiger partial charge in [0.1, 0.15) is 11.6 Å². The number of ether oxygens (including phenoxy) is 2. The highest BCUT2D eigenvalue weighted by Gasteiger charge is 2.34. The van der Waals surface area contributed by atoms with Crippen LogP contribution in [-0.4, -0.2) is 32.9 Å². The summed E-state index contributed by atoms with van der Waals surface area (Å²) in [5.74, 6) is 1.31. The number of hydrogen-bond donors (Lipinski definition) is 2. The van der Waals surface area contributed by atoms with Crippen LogP contribution in [0, 0.1) is 11.2 Å². The third kappa shape index (κ3) is 5.00. The van der Waals surface area contributed by atoms with Crippen LogP contribution in [0.3, 0.4) is 0 Å². The second kappa shape index (κ2) is 9.73. The monoisotopic (exact) mass is 477 g/mol. The minimum Gasteiger partial charge on any atom is -0.467 e. The van der Waals surface area contributed by atoms with Gasteiger partial charge in [-0.05, 0) is 48.8 Å². The molecule has 5 nitrogen and oxygen atoms in total. The minimum atomic E-state index is -0.250. The lowest BCUT2D eigenvalue weighted by Gasteiger charge is -2.41. The Morgan fingerprint density at radius 3 is 2.77 bits per heavy atom. The minimum absolute atomic E-state index is 0. The molecular formula is C19H29FIN3O2. The van der Waals surface area contributed by atoms with Crippen molar-refractivity contribution in [3.8, 4) is 5.75 Å². The fraction of sp³-hybridized carbons (Fsp3) is 0.632. The summed E-state index contributed by atoms with van der Waals surface area (Å²) in [7, 11) is 1.78. The molecule has 146 valence electrons. The molecule has 1 heterocycles. The lowest BCUT2D eigenvalue weighted by molar-refractivity contribution is -0.0172. The third-order valence-corrected chi connectivity index (χ3v) is 5.46. The van der Waals surface area contributed by atoms with Crippen LogP contribution in [-0.2, 0) is 17.8 Å². The van der Waals surface area contributed by atoms with Crippen molar-refractivity contribution < 1.29 is 13.9 Å². The number of guanidine groups is 1. The molecule has 1 aromatic rings. The largest absolute Gasteiger partial charge is 0.467 e. The summed E-state index contributed by atoms with van der Waals surface area (Å²) in [5, 5.41) is 6.76. The van der Waals surface area contributed by atoms with Gasteiger partial charge >= 0.3 is 0 Å². The standard InChI is InChI=1S/C19H28FN3O2.HI/c1-3-19(6-4-7-19)12-23-18(21-2)22-8-5-14-9-16(20)10-15-11-24-13-25-17(14)15;/h9-10H,3-8,11-13H2,1-2H3,(H2,21,22,23);1H. The zero-order valence-electron chi connectivity index (χ0n) is 15.6. The van der Waals surface area contributed by atoms with Gasteiger partial charge in [0, 0.05) is 25.7 Å². The smallest absolute Gasteiger partial charge is 0.191 e. The number of hydrogen-bond acceptors (Lipinski definition) is 3. The van der Waals surface area contributed by atoms with Crippen LogP contribution < -0.4 is 15.4 Å². The Labute approximate surface area is 172 Å². The molecule has 0 unspecified atom stereocenters. The molecule has 0 amide bonds. The van der Waals surface area contributed by atoms with Gasteiger partial charge in [-0.1, -0.05) is 13.3 Å². The van der Waals surface area contributed by atoms with E-state index >= 15 is 0 Å². The molecule has 0 aromatic heterocycles. The fourth-order valence-electron chi connectivity index (χ4n) is 3.58. The van der Waals surface area contributed by atoms with Crippen molar-refractivity contribution in [1.29, 1.82) is 0 Å². The topological polar surface area (TPSA) is 54.9 Å². The first-order valence-electron chi connectivity index (χ1n) is 9.12. The maximum Gasteiger partial charge on any atom is 0.191 e. The molecule has 1 saturated carbocycles. The van der Waals surface area contributed by atoms with Gasteiger partial charge in [-0.15, -0.1) is 24.0 Å². The van der Waals surface area contributed by atoms with E-state index in [9.17, 15) is 4.39 Å². The van der Waals surface area contributed by atoms with E-state index in [4.69, 9.17) is 9.47 Å². The fourth-order valence-corrected chi connectivity index (χ4v) is 3.58. The van der Waals surface area contributed by atoms with E-state index in [-0.39, 0.29) is 36.6 Å². The van der Waals surface area contributed by atoms with Crippen molar-refractivity contribution in [3.63, 3.8) is 0 Å². The van der Waals surface area contributed by atoms with Gasteiger partial charge in [0.2, 0.25) is 0 Å². The molecular weight excluding hydrogens is 448 g/mol. The van der Waals surface area contributed by atoms with E-state index < -0.39 is 0 Å². The molecule has 0 bridgehead atoms. The first-order chi connectivity index (χ1) is 12.2. The number of fused-ring (bicyclic) bond motifs is 1. The summed E-state index contributed by atoms with van der Waals surface area (Å²) in [5.41, 5.74) is 2.08. The van der Waals surface area contributed by atoms with E-state index in [2.05, 4.69) is 22.5 Å². The van der Waals surface area contributed by atoms with E-state index in [1.54, 1.807) is 13.1 Å². The van der Waals surface area contributed by atoms with Crippen LogP contribution in [0.1, 0.15) is 43.7 Å². The summed E-state index contributed by atoms with van der Waals surface area (Å²) >= 11 is 0. The zero-order valence-corrected chi connectivity index (χ0v) is 17.9. The summed E-state index contributed by atoms with van der Waals surface area (Å²) < 4.78 is 24.6. The molecule has 7 heteroatoms. The van der Waals surface area contributed by atoms with Crippen molar-refractivity contribution in [2.24, 2.45) is 10.4 Å². The van der Waals surface area contributed by atoms with Gasteiger partial charge < -0.3 is 20.1 Å². The average Bonchev–Trinajstić information content (AvgIpc) is 2.59. The summed E-state index contributed by atoms with van der Waals surface area (Å²) in [4.78, 5) is 4.29. The van der Waals surface area contributed by atoms with Crippen LogP contribution in [0.2, 0.25) is 0 Å². The molecule has 3 rings (SSSR count). The number of rotatable bonds is 6. The van der Waals surface area contributed by atoms with Gasteiger partial charge in [-0.3, -0.25) is 4.99 Å². The Morgan fingerprint density at radius 1 is 1.31 bits per heavy atom. The highest BCUT2D eigenvalue weighted by atomic mass is 127. The predicted molar refractivity (Wildman–Crippen MR) is 112 cm³/mol. The van der Waals surface area contributed by atoms with E-state index in [1.165, 1.54) is 31.7 Å². The summed E-state index contributed by atoms with van der Waals surface area (Å²) in [6.07, 6.45) is 5.78. The molecule has 0 radical (unpaired) electrons. The molecule has 26 heavy (non-hydrogen) atoms.